The van der Waals surface area contributed by atoms with Gasteiger partial charge in [0.05, 0.1) is 4.92 Å². The molecular formula is C20H23BrN4O4. The fraction of sp³-hybridized carbons (Fsp3) is 0.350. The Hall–Kier alpha value is -2.65. The minimum absolute atomic E-state index is 0.0312. The summed E-state index contributed by atoms with van der Waals surface area (Å²) in [5.74, 6) is 0.151. The van der Waals surface area contributed by atoms with Crippen LogP contribution in [0, 0.1) is 10.1 Å². The number of nitrogens with one attached hydrogen (secondary N) is 2. The van der Waals surface area contributed by atoms with E-state index in [1.54, 1.807) is 38.1 Å². The quantitative estimate of drug-likeness (QED) is 0.503. The van der Waals surface area contributed by atoms with Gasteiger partial charge in [-0.15, -0.1) is 0 Å². The number of rotatable bonds is 6. The number of carbonyl (C=O) groups is 1. The number of nitro groups is 1. The molecule has 1 aliphatic rings. The second-order valence-electron chi connectivity index (χ2n) is 7.22. The molecule has 2 aromatic rings. The molecule has 1 fully saturated rings. The monoisotopic (exact) mass is 462 g/mol. The van der Waals surface area contributed by atoms with E-state index in [1.807, 2.05) is 17.0 Å². The molecule has 0 saturated carbocycles. The van der Waals surface area contributed by atoms with Crippen LogP contribution in [0.3, 0.4) is 0 Å². The first kappa shape index (κ1) is 21.1. The number of carbonyl (C=O) groups excluding carboxylic acids is 1. The van der Waals surface area contributed by atoms with Crippen LogP contribution in [0.4, 0.5) is 17.1 Å². The summed E-state index contributed by atoms with van der Waals surface area (Å²) in [4.78, 5) is 25.9. The molecule has 1 aliphatic heterocycles. The first-order valence-electron chi connectivity index (χ1n) is 9.26. The Morgan fingerprint density at radius 3 is 2.48 bits per heavy atom. The van der Waals surface area contributed by atoms with Gasteiger partial charge in [0, 0.05) is 42.4 Å². The standard InChI is InChI=1S/C20H23BrN4O4/c1-20(2,29-16-6-3-14(21)4-7-16)19(26)23-15-5-8-17(18(13-15)25(27)28)24-11-9-22-10-12-24/h3-8,13,22H,9-12H2,1-2H3,(H,23,26). The minimum atomic E-state index is -1.17. The number of anilines is 2. The van der Waals surface area contributed by atoms with Crippen molar-refractivity contribution in [3.63, 3.8) is 0 Å². The van der Waals surface area contributed by atoms with Gasteiger partial charge >= 0.3 is 0 Å². The first-order chi connectivity index (χ1) is 13.8. The van der Waals surface area contributed by atoms with Crippen LogP contribution in [0.5, 0.6) is 5.75 Å². The van der Waals surface area contributed by atoms with Crippen LogP contribution in [-0.4, -0.2) is 42.6 Å². The predicted octanol–water partition coefficient (Wildman–Crippen LogP) is 3.56. The van der Waals surface area contributed by atoms with E-state index >= 15 is 0 Å². The number of nitrogens with zero attached hydrogens (tertiary/aromatic N) is 2. The molecule has 154 valence electrons. The Morgan fingerprint density at radius 2 is 1.86 bits per heavy atom. The molecule has 0 aliphatic carbocycles. The number of benzene rings is 2. The smallest absolute Gasteiger partial charge is 0.294 e. The SMILES string of the molecule is CC(C)(Oc1ccc(Br)cc1)C(=O)Nc1ccc(N2CCNCC2)c([N+](=O)[O-])c1. The molecule has 29 heavy (non-hydrogen) atoms. The zero-order valence-corrected chi connectivity index (χ0v) is 17.9. The van der Waals surface area contributed by atoms with Crippen LogP contribution in [0.1, 0.15) is 13.8 Å². The molecule has 2 N–H and O–H groups in total. The lowest BCUT2D eigenvalue weighted by molar-refractivity contribution is -0.384. The number of hydrogen-bond donors (Lipinski definition) is 2. The number of nitro benzene ring substituents is 1. The lowest BCUT2D eigenvalue weighted by Crippen LogP contribution is -2.44. The van der Waals surface area contributed by atoms with Gasteiger partial charge in [-0.3, -0.25) is 14.9 Å². The fourth-order valence-corrected chi connectivity index (χ4v) is 3.31. The Kier molecular flexibility index (Phi) is 6.39. The largest absolute Gasteiger partial charge is 0.478 e. The van der Waals surface area contributed by atoms with Gasteiger partial charge in [-0.1, -0.05) is 15.9 Å². The van der Waals surface area contributed by atoms with Gasteiger partial charge in [-0.05, 0) is 50.2 Å². The van der Waals surface area contributed by atoms with Gasteiger partial charge in [-0.25, -0.2) is 0 Å². The van der Waals surface area contributed by atoms with Crippen molar-refractivity contribution in [1.82, 2.24) is 5.32 Å². The summed E-state index contributed by atoms with van der Waals surface area (Å²) in [6.45, 7) is 6.23. The number of hydrogen-bond acceptors (Lipinski definition) is 6. The third-order valence-corrected chi connectivity index (χ3v) is 5.15. The Labute approximate surface area is 177 Å². The molecule has 2 aromatic carbocycles. The van der Waals surface area contributed by atoms with E-state index in [0.29, 0.717) is 30.2 Å². The van der Waals surface area contributed by atoms with E-state index in [0.717, 1.165) is 17.6 Å². The summed E-state index contributed by atoms with van der Waals surface area (Å²) >= 11 is 3.35. The minimum Gasteiger partial charge on any atom is -0.478 e. The van der Waals surface area contributed by atoms with Crippen LogP contribution < -0.4 is 20.3 Å². The van der Waals surface area contributed by atoms with Gasteiger partial charge in [0.2, 0.25) is 0 Å². The van der Waals surface area contributed by atoms with E-state index in [4.69, 9.17) is 4.74 Å². The lowest BCUT2D eigenvalue weighted by atomic mass is 10.1. The molecule has 0 spiro atoms. The molecule has 9 heteroatoms. The van der Waals surface area contributed by atoms with Crippen molar-refractivity contribution in [3.05, 3.63) is 57.1 Å². The molecule has 1 amide bonds. The maximum Gasteiger partial charge on any atom is 0.294 e. The third-order valence-electron chi connectivity index (χ3n) is 4.62. The van der Waals surface area contributed by atoms with Gasteiger partial charge in [0.1, 0.15) is 11.4 Å². The van der Waals surface area contributed by atoms with Crippen molar-refractivity contribution in [2.75, 3.05) is 36.4 Å². The van der Waals surface area contributed by atoms with Crippen molar-refractivity contribution < 1.29 is 14.5 Å². The molecule has 0 bridgehead atoms. The number of amides is 1. The second kappa shape index (κ2) is 8.79. The molecule has 0 atom stereocenters. The van der Waals surface area contributed by atoms with Crippen molar-refractivity contribution in [2.45, 2.75) is 19.4 Å². The average Bonchev–Trinajstić information content (AvgIpc) is 2.70. The highest BCUT2D eigenvalue weighted by Crippen LogP contribution is 2.32. The summed E-state index contributed by atoms with van der Waals surface area (Å²) in [6, 6.07) is 11.9. The summed E-state index contributed by atoms with van der Waals surface area (Å²) in [6.07, 6.45) is 0. The Morgan fingerprint density at radius 1 is 1.21 bits per heavy atom. The topological polar surface area (TPSA) is 96.7 Å². The van der Waals surface area contributed by atoms with Crippen molar-refractivity contribution in [2.24, 2.45) is 0 Å². The van der Waals surface area contributed by atoms with Crippen LogP contribution >= 0.6 is 15.9 Å². The molecule has 8 nitrogen and oxygen atoms in total. The van der Waals surface area contributed by atoms with Gasteiger partial charge in [0.15, 0.2) is 5.60 Å². The molecule has 1 saturated heterocycles. The zero-order valence-electron chi connectivity index (χ0n) is 16.3. The summed E-state index contributed by atoms with van der Waals surface area (Å²) in [7, 11) is 0. The first-order valence-corrected chi connectivity index (χ1v) is 10.1. The fourth-order valence-electron chi connectivity index (χ4n) is 3.05. The van der Waals surface area contributed by atoms with E-state index < -0.39 is 16.4 Å². The zero-order chi connectivity index (χ0) is 21.0. The van der Waals surface area contributed by atoms with Crippen LogP contribution in [0.25, 0.3) is 0 Å². The predicted molar refractivity (Wildman–Crippen MR) is 116 cm³/mol. The highest BCUT2D eigenvalue weighted by molar-refractivity contribution is 9.10. The Balaban J connectivity index is 1.76. The summed E-state index contributed by atoms with van der Waals surface area (Å²) in [5, 5.41) is 17.5. The molecular weight excluding hydrogens is 440 g/mol. The highest BCUT2D eigenvalue weighted by atomic mass is 79.9. The summed E-state index contributed by atoms with van der Waals surface area (Å²) in [5.41, 5.74) is -0.288. The van der Waals surface area contributed by atoms with Crippen LogP contribution in [0.2, 0.25) is 0 Å². The van der Waals surface area contributed by atoms with Crippen LogP contribution in [-0.2, 0) is 4.79 Å². The molecule has 0 radical (unpaired) electrons. The molecule has 0 aromatic heterocycles. The van der Waals surface area contributed by atoms with E-state index in [-0.39, 0.29) is 5.69 Å². The van der Waals surface area contributed by atoms with Gasteiger partial charge < -0.3 is 20.3 Å². The Bertz CT molecular complexity index is 896. The maximum atomic E-state index is 12.7. The number of piperazine rings is 1. The van der Waals surface area contributed by atoms with Crippen LogP contribution in [0.15, 0.2) is 46.9 Å². The average molecular weight is 463 g/mol. The molecule has 3 rings (SSSR count). The van der Waals surface area contributed by atoms with Crippen molar-refractivity contribution in [1.29, 1.82) is 0 Å². The van der Waals surface area contributed by atoms with Gasteiger partial charge in [0.25, 0.3) is 11.6 Å². The van der Waals surface area contributed by atoms with Crippen molar-refractivity contribution >= 4 is 38.9 Å². The normalized spacial score (nSPS) is 14.4. The highest BCUT2D eigenvalue weighted by Gasteiger charge is 2.31. The summed E-state index contributed by atoms with van der Waals surface area (Å²) < 4.78 is 6.71. The van der Waals surface area contributed by atoms with E-state index in [1.165, 1.54) is 6.07 Å². The number of halogens is 1. The lowest BCUT2D eigenvalue weighted by Gasteiger charge is -2.29. The van der Waals surface area contributed by atoms with Crippen molar-refractivity contribution in [3.8, 4) is 5.75 Å². The molecule has 0 unspecified atom stereocenters. The van der Waals surface area contributed by atoms with Gasteiger partial charge in [-0.2, -0.15) is 0 Å². The third kappa shape index (κ3) is 5.24. The van der Waals surface area contributed by atoms with E-state index in [2.05, 4.69) is 26.6 Å². The van der Waals surface area contributed by atoms with E-state index in [9.17, 15) is 14.9 Å². The maximum absolute atomic E-state index is 12.7. The second-order valence-corrected chi connectivity index (χ2v) is 8.13. The molecule has 1 heterocycles. The number of ether oxygens (including phenoxy) is 1.